The minimum Gasteiger partial charge on any atom is -0.550 e. The minimum absolute atomic E-state index is 0.145. The van der Waals surface area contributed by atoms with Crippen LogP contribution in [0.4, 0.5) is 11.4 Å². The van der Waals surface area contributed by atoms with Gasteiger partial charge >= 0.3 is 0 Å². The molecule has 2 amide bonds. The number of aryl methyl sites for hydroxylation is 1. The van der Waals surface area contributed by atoms with Gasteiger partial charge in [-0.2, -0.15) is 0 Å². The summed E-state index contributed by atoms with van der Waals surface area (Å²) < 4.78 is 0. The largest absolute Gasteiger partial charge is 0.550 e. The van der Waals surface area contributed by atoms with Crippen LogP contribution in [0.2, 0.25) is 0 Å². The lowest BCUT2D eigenvalue weighted by Crippen LogP contribution is -2.24. The van der Waals surface area contributed by atoms with E-state index in [0.717, 1.165) is 5.56 Å². The van der Waals surface area contributed by atoms with Crippen LogP contribution < -0.4 is 15.7 Å². The number of carbonyl (C=O) groups is 3. The maximum absolute atomic E-state index is 12.1. The SMILES string of the molecule is Cc1cc(NC(=O)CCC(=O)[O-])ccc1NC(=O)c1ccccc1. The first kappa shape index (κ1) is 17.2. The summed E-state index contributed by atoms with van der Waals surface area (Å²) in [5.41, 5.74) is 2.50. The first-order valence-electron chi connectivity index (χ1n) is 7.42. The van der Waals surface area contributed by atoms with Crippen LogP contribution in [0.5, 0.6) is 0 Å². The Kier molecular flexibility index (Phi) is 5.68. The summed E-state index contributed by atoms with van der Waals surface area (Å²) >= 11 is 0. The van der Waals surface area contributed by atoms with E-state index >= 15 is 0 Å². The normalized spacial score (nSPS) is 10.0. The molecule has 0 aliphatic heterocycles. The van der Waals surface area contributed by atoms with Crippen LogP contribution in [0.1, 0.15) is 28.8 Å². The summed E-state index contributed by atoms with van der Waals surface area (Å²) in [4.78, 5) is 34.1. The van der Waals surface area contributed by atoms with E-state index < -0.39 is 11.9 Å². The number of carboxylic acids is 1. The van der Waals surface area contributed by atoms with Crippen LogP contribution in [0.3, 0.4) is 0 Å². The monoisotopic (exact) mass is 325 g/mol. The zero-order chi connectivity index (χ0) is 17.5. The van der Waals surface area contributed by atoms with Crippen LogP contribution in [0.15, 0.2) is 48.5 Å². The molecule has 2 N–H and O–H groups in total. The van der Waals surface area contributed by atoms with Gasteiger partial charge in [-0.1, -0.05) is 18.2 Å². The molecule has 124 valence electrons. The van der Waals surface area contributed by atoms with Crippen LogP contribution in [0.25, 0.3) is 0 Å². The number of benzene rings is 2. The second-order valence-electron chi connectivity index (χ2n) is 5.27. The molecule has 2 aromatic carbocycles. The van der Waals surface area contributed by atoms with Gasteiger partial charge in [0.05, 0.1) is 0 Å². The Hall–Kier alpha value is -3.15. The molecular weight excluding hydrogens is 308 g/mol. The zero-order valence-corrected chi connectivity index (χ0v) is 13.2. The summed E-state index contributed by atoms with van der Waals surface area (Å²) in [6, 6.07) is 13.9. The highest BCUT2D eigenvalue weighted by Crippen LogP contribution is 2.20. The van der Waals surface area contributed by atoms with Crippen molar-refractivity contribution in [1.29, 1.82) is 0 Å². The Morgan fingerprint density at radius 2 is 1.67 bits per heavy atom. The lowest BCUT2D eigenvalue weighted by atomic mass is 10.1. The standard InChI is InChI=1S/C18H18N2O4/c1-12-11-14(19-16(21)9-10-17(22)23)7-8-15(12)20-18(24)13-5-3-2-4-6-13/h2-8,11H,9-10H2,1H3,(H,19,21)(H,20,24)(H,22,23)/p-1. The van der Waals surface area contributed by atoms with E-state index in [1.807, 2.05) is 6.07 Å². The zero-order valence-electron chi connectivity index (χ0n) is 13.2. The van der Waals surface area contributed by atoms with Crippen LogP contribution >= 0.6 is 0 Å². The predicted molar refractivity (Wildman–Crippen MR) is 88.4 cm³/mol. The lowest BCUT2D eigenvalue weighted by Gasteiger charge is -2.11. The van der Waals surface area contributed by atoms with E-state index in [2.05, 4.69) is 10.6 Å². The quantitative estimate of drug-likeness (QED) is 0.845. The fourth-order valence-corrected chi connectivity index (χ4v) is 2.10. The van der Waals surface area contributed by atoms with E-state index in [1.54, 1.807) is 49.4 Å². The molecule has 2 aromatic rings. The summed E-state index contributed by atoms with van der Waals surface area (Å²) in [6.45, 7) is 1.80. The number of hydrogen-bond donors (Lipinski definition) is 2. The van der Waals surface area contributed by atoms with Gasteiger partial charge in [0.2, 0.25) is 5.91 Å². The Labute approximate surface area is 139 Å². The van der Waals surface area contributed by atoms with Crippen molar-refractivity contribution in [3.05, 3.63) is 59.7 Å². The van der Waals surface area contributed by atoms with Gasteiger partial charge in [0, 0.05) is 29.3 Å². The fourth-order valence-electron chi connectivity index (χ4n) is 2.10. The smallest absolute Gasteiger partial charge is 0.255 e. The van der Waals surface area contributed by atoms with Gasteiger partial charge in [0.25, 0.3) is 5.91 Å². The molecule has 0 unspecified atom stereocenters. The number of carbonyl (C=O) groups excluding carboxylic acids is 3. The third kappa shape index (κ3) is 4.95. The molecule has 0 saturated heterocycles. The number of aliphatic carboxylic acids is 1. The molecule has 0 aromatic heterocycles. The highest BCUT2D eigenvalue weighted by Gasteiger charge is 2.08. The minimum atomic E-state index is -1.26. The average Bonchev–Trinajstić information content (AvgIpc) is 2.56. The van der Waals surface area contributed by atoms with E-state index in [9.17, 15) is 19.5 Å². The molecule has 0 spiro atoms. The summed E-state index contributed by atoms with van der Waals surface area (Å²) in [5, 5.41) is 15.8. The third-order valence-corrected chi connectivity index (χ3v) is 3.35. The second kappa shape index (κ2) is 7.92. The van der Waals surface area contributed by atoms with Crippen molar-refractivity contribution in [1.82, 2.24) is 0 Å². The van der Waals surface area contributed by atoms with Crippen molar-refractivity contribution in [3.8, 4) is 0 Å². The Bertz CT molecular complexity index is 757. The van der Waals surface area contributed by atoms with Crippen molar-refractivity contribution in [3.63, 3.8) is 0 Å². The van der Waals surface area contributed by atoms with Crippen molar-refractivity contribution in [2.45, 2.75) is 19.8 Å². The van der Waals surface area contributed by atoms with Gasteiger partial charge < -0.3 is 20.5 Å². The number of hydrogen-bond acceptors (Lipinski definition) is 4. The molecule has 0 radical (unpaired) electrons. The molecule has 0 aliphatic carbocycles. The van der Waals surface area contributed by atoms with Gasteiger partial charge in [-0.3, -0.25) is 9.59 Å². The average molecular weight is 325 g/mol. The van der Waals surface area contributed by atoms with Crippen LogP contribution in [0, 0.1) is 6.92 Å². The van der Waals surface area contributed by atoms with Crippen LogP contribution in [-0.2, 0) is 9.59 Å². The maximum Gasteiger partial charge on any atom is 0.255 e. The molecule has 2 rings (SSSR count). The molecular formula is C18H17N2O4-. The number of rotatable bonds is 6. The molecule has 0 saturated carbocycles. The first-order valence-corrected chi connectivity index (χ1v) is 7.42. The molecule has 6 heteroatoms. The van der Waals surface area contributed by atoms with Crippen LogP contribution in [-0.4, -0.2) is 17.8 Å². The summed E-state index contributed by atoms with van der Waals surface area (Å²) in [6.07, 6.45) is -0.468. The number of anilines is 2. The Morgan fingerprint density at radius 1 is 0.958 bits per heavy atom. The van der Waals surface area contributed by atoms with E-state index in [0.29, 0.717) is 16.9 Å². The highest BCUT2D eigenvalue weighted by molar-refractivity contribution is 6.04. The van der Waals surface area contributed by atoms with Gasteiger partial charge in [-0.15, -0.1) is 0 Å². The van der Waals surface area contributed by atoms with Crippen molar-refractivity contribution in [2.75, 3.05) is 10.6 Å². The highest BCUT2D eigenvalue weighted by atomic mass is 16.4. The van der Waals surface area contributed by atoms with Crippen molar-refractivity contribution < 1.29 is 19.5 Å². The van der Waals surface area contributed by atoms with E-state index in [4.69, 9.17) is 0 Å². The third-order valence-electron chi connectivity index (χ3n) is 3.35. The Morgan fingerprint density at radius 3 is 2.29 bits per heavy atom. The number of amides is 2. The molecule has 0 atom stereocenters. The van der Waals surface area contributed by atoms with E-state index in [1.165, 1.54) is 0 Å². The fraction of sp³-hybridized carbons (Fsp3) is 0.167. The van der Waals surface area contributed by atoms with Gasteiger partial charge in [-0.25, -0.2) is 0 Å². The number of nitrogens with one attached hydrogen (secondary N) is 2. The first-order chi connectivity index (χ1) is 11.5. The van der Waals surface area contributed by atoms with Gasteiger partial charge in [0.1, 0.15) is 0 Å². The maximum atomic E-state index is 12.1. The number of carboxylic acid groups (broad SMARTS) is 1. The van der Waals surface area contributed by atoms with Gasteiger partial charge in [0.15, 0.2) is 0 Å². The Balaban J connectivity index is 2.00. The predicted octanol–water partition coefficient (Wildman–Crippen LogP) is 1.72. The molecule has 6 nitrogen and oxygen atoms in total. The molecule has 0 fully saturated rings. The topological polar surface area (TPSA) is 98.3 Å². The molecule has 24 heavy (non-hydrogen) atoms. The lowest BCUT2D eigenvalue weighted by molar-refractivity contribution is -0.305. The second-order valence-corrected chi connectivity index (χ2v) is 5.27. The van der Waals surface area contributed by atoms with Crippen molar-refractivity contribution >= 4 is 29.2 Å². The molecule has 0 heterocycles. The summed E-state index contributed by atoms with van der Waals surface area (Å²) in [7, 11) is 0. The molecule has 0 bridgehead atoms. The summed E-state index contributed by atoms with van der Waals surface area (Å²) in [5.74, 6) is -1.88. The van der Waals surface area contributed by atoms with Crippen molar-refractivity contribution in [2.24, 2.45) is 0 Å². The molecule has 0 aliphatic rings. The van der Waals surface area contributed by atoms with Gasteiger partial charge in [-0.05, 0) is 49.2 Å². The van der Waals surface area contributed by atoms with E-state index in [-0.39, 0.29) is 18.7 Å².